The number of carboxylic acids is 1. The number of hydrogen-bond acceptors (Lipinski definition) is 2. The van der Waals surface area contributed by atoms with Crippen molar-refractivity contribution in [2.45, 2.75) is 19.3 Å². The molecule has 3 nitrogen and oxygen atoms in total. The van der Waals surface area contributed by atoms with Crippen molar-refractivity contribution in [2.75, 3.05) is 0 Å². The van der Waals surface area contributed by atoms with E-state index < -0.39 is 11.9 Å². The number of halogens is 1. The van der Waals surface area contributed by atoms with E-state index >= 15 is 0 Å². The lowest BCUT2D eigenvalue weighted by Gasteiger charge is -2.14. The van der Waals surface area contributed by atoms with Crippen molar-refractivity contribution >= 4 is 21.9 Å². The highest BCUT2D eigenvalue weighted by Gasteiger charge is 2.22. The van der Waals surface area contributed by atoms with Gasteiger partial charge in [0.1, 0.15) is 0 Å². The van der Waals surface area contributed by atoms with Crippen LogP contribution >= 0.6 is 15.9 Å². The molecule has 0 bridgehead atoms. The molecule has 1 aromatic carbocycles. The summed E-state index contributed by atoms with van der Waals surface area (Å²) < 4.78 is 0.822. The minimum atomic E-state index is -0.826. The molecule has 0 saturated heterocycles. The van der Waals surface area contributed by atoms with E-state index in [0.29, 0.717) is 6.42 Å². The van der Waals surface area contributed by atoms with Gasteiger partial charge in [-0.25, -0.2) is 0 Å². The highest BCUT2D eigenvalue weighted by Crippen LogP contribution is 2.28. The standard InChI is InChI=1S/C15H14BrNO2/c1-10-6-11(9-17-8-10)7-13(15(18)19)12-4-2-3-5-14(12)16/h2-6,8-9,13H,7H2,1H3,(H,18,19). The van der Waals surface area contributed by atoms with Crippen LogP contribution in [0, 0.1) is 6.92 Å². The van der Waals surface area contributed by atoms with Gasteiger partial charge in [-0.15, -0.1) is 0 Å². The summed E-state index contributed by atoms with van der Waals surface area (Å²) in [6.45, 7) is 1.95. The van der Waals surface area contributed by atoms with Gasteiger partial charge >= 0.3 is 5.97 Å². The van der Waals surface area contributed by atoms with E-state index in [1.54, 1.807) is 12.4 Å². The third-order valence-corrected chi connectivity index (χ3v) is 3.67. The fourth-order valence-electron chi connectivity index (χ4n) is 2.05. The van der Waals surface area contributed by atoms with Crippen LogP contribution < -0.4 is 0 Å². The van der Waals surface area contributed by atoms with Gasteiger partial charge < -0.3 is 5.11 Å². The summed E-state index contributed by atoms with van der Waals surface area (Å²) in [6, 6.07) is 9.40. The van der Waals surface area contributed by atoms with E-state index in [1.807, 2.05) is 37.3 Å². The predicted molar refractivity (Wildman–Crippen MR) is 77.2 cm³/mol. The number of hydrogen-bond donors (Lipinski definition) is 1. The van der Waals surface area contributed by atoms with Gasteiger partial charge in [-0.2, -0.15) is 0 Å². The molecular formula is C15H14BrNO2. The van der Waals surface area contributed by atoms with Crippen LogP contribution in [0.1, 0.15) is 22.6 Å². The molecule has 1 N–H and O–H groups in total. The smallest absolute Gasteiger partial charge is 0.311 e. The number of benzene rings is 1. The zero-order valence-electron chi connectivity index (χ0n) is 10.5. The van der Waals surface area contributed by atoms with E-state index in [-0.39, 0.29) is 0 Å². The Kier molecular flexibility index (Phi) is 4.32. The van der Waals surface area contributed by atoms with Gasteiger partial charge in [-0.3, -0.25) is 9.78 Å². The van der Waals surface area contributed by atoms with Gasteiger partial charge in [0.05, 0.1) is 5.92 Å². The van der Waals surface area contributed by atoms with Crippen LogP contribution in [0.15, 0.2) is 47.2 Å². The maximum absolute atomic E-state index is 11.5. The predicted octanol–water partition coefficient (Wildman–Crippen LogP) is 3.56. The Morgan fingerprint density at radius 1 is 1.37 bits per heavy atom. The number of nitrogens with zero attached hydrogens (tertiary/aromatic N) is 1. The largest absolute Gasteiger partial charge is 0.481 e. The molecule has 0 radical (unpaired) electrons. The molecule has 1 aromatic heterocycles. The maximum Gasteiger partial charge on any atom is 0.311 e. The Labute approximate surface area is 120 Å². The molecule has 0 amide bonds. The van der Waals surface area contributed by atoms with Gasteiger partial charge in [0.25, 0.3) is 0 Å². The number of aliphatic carboxylic acids is 1. The van der Waals surface area contributed by atoms with Crippen LogP contribution in [0.3, 0.4) is 0 Å². The van der Waals surface area contributed by atoms with E-state index in [9.17, 15) is 9.90 Å². The highest BCUT2D eigenvalue weighted by molar-refractivity contribution is 9.10. The third kappa shape index (κ3) is 3.41. The van der Waals surface area contributed by atoms with Gasteiger partial charge in [0, 0.05) is 16.9 Å². The molecule has 0 saturated carbocycles. The van der Waals surface area contributed by atoms with Crippen LogP contribution in [0.5, 0.6) is 0 Å². The highest BCUT2D eigenvalue weighted by atomic mass is 79.9. The minimum absolute atomic E-state index is 0.437. The molecule has 4 heteroatoms. The summed E-state index contributed by atoms with van der Waals surface area (Å²) in [7, 11) is 0. The van der Waals surface area contributed by atoms with E-state index in [4.69, 9.17) is 0 Å². The average molecular weight is 320 g/mol. The van der Waals surface area contributed by atoms with Gasteiger partial charge in [-0.05, 0) is 36.1 Å². The summed E-state index contributed by atoms with van der Waals surface area (Å²) in [5.41, 5.74) is 2.76. The summed E-state index contributed by atoms with van der Waals surface area (Å²) >= 11 is 3.41. The van der Waals surface area contributed by atoms with Crippen molar-refractivity contribution in [3.05, 3.63) is 63.9 Å². The number of carbonyl (C=O) groups is 1. The zero-order valence-corrected chi connectivity index (χ0v) is 12.1. The Bertz CT molecular complexity index is 598. The van der Waals surface area contributed by atoms with Crippen molar-refractivity contribution in [3.63, 3.8) is 0 Å². The molecule has 98 valence electrons. The van der Waals surface area contributed by atoms with Crippen molar-refractivity contribution in [3.8, 4) is 0 Å². The molecule has 1 atom stereocenters. The number of aromatic nitrogens is 1. The topological polar surface area (TPSA) is 50.2 Å². The first kappa shape index (κ1) is 13.7. The monoisotopic (exact) mass is 319 g/mol. The van der Waals surface area contributed by atoms with Crippen LogP contribution in [0.2, 0.25) is 0 Å². The summed E-state index contributed by atoms with van der Waals surface area (Å²) in [5.74, 6) is -1.40. The molecule has 2 rings (SSSR count). The molecule has 0 spiro atoms. The summed E-state index contributed by atoms with van der Waals surface area (Å²) in [4.78, 5) is 15.6. The van der Waals surface area contributed by atoms with Gasteiger partial charge in [0.2, 0.25) is 0 Å². The number of rotatable bonds is 4. The second kappa shape index (κ2) is 5.97. The Balaban J connectivity index is 2.32. The van der Waals surface area contributed by atoms with Crippen LogP contribution in [0.25, 0.3) is 0 Å². The number of aryl methyl sites for hydroxylation is 1. The van der Waals surface area contributed by atoms with Crippen LogP contribution in [-0.4, -0.2) is 16.1 Å². The van der Waals surface area contributed by atoms with E-state index in [0.717, 1.165) is 21.2 Å². The first-order valence-electron chi connectivity index (χ1n) is 5.95. The molecule has 2 aromatic rings. The normalized spacial score (nSPS) is 12.1. The van der Waals surface area contributed by atoms with Gasteiger partial charge in [-0.1, -0.05) is 40.2 Å². The second-order valence-electron chi connectivity index (χ2n) is 4.49. The molecule has 0 aliphatic carbocycles. The summed E-state index contributed by atoms with van der Waals surface area (Å²) in [6.07, 6.45) is 3.92. The van der Waals surface area contributed by atoms with Crippen molar-refractivity contribution in [1.82, 2.24) is 4.98 Å². The SMILES string of the molecule is Cc1cncc(CC(C(=O)O)c2ccccc2Br)c1. The first-order chi connectivity index (χ1) is 9.08. The fraction of sp³-hybridized carbons (Fsp3) is 0.200. The fourth-order valence-corrected chi connectivity index (χ4v) is 2.61. The van der Waals surface area contributed by atoms with Crippen LogP contribution in [-0.2, 0) is 11.2 Å². The first-order valence-corrected chi connectivity index (χ1v) is 6.75. The Hall–Kier alpha value is -1.68. The van der Waals surface area contributed by atoms with E-state index in [1.165, 1.54) is 0 Å². The van der Waals surface area contributed by atoms with Gasteiger partial charge in [0.15, 0.2) is 0 Å². The minimum Gasteiger partial charge on any atom is -0.481 e. The molecule has 19 heavy (non-hydrogen) atoms. The quantitative estimate of drug-likeness (QED) is 0.937. The number of pyridine rings is 1. The van der Waals surface area contributed by atoms with Crippen LogP contribution in [0.4, 0.5) is 0 Å². The summed E-state index contributed by atoms with van der Waals surface area (Å²) in [5, 5.41) is 9.44. The molecule has 0 aliphatic rings. The van der Waals surface area contributed by atoms with Crippen molar-refractivity contribution in [1.29, 1.82) is 0 Å². The third-order valence-electron chi connectivity index (χ3n) is 2.95. The molecule has 1 unspecified atom stereocenters. The average Bonchev–Trinajstić information content (AvgIpc) is 2.37. The molecular weight excluding hydrogens is 306 g/mol. The second-order valence-corrected chi connectivity index (χ2v) is 5.34. The number of carboxylic acid groups (broad SMARTS) is 1. The molecule has 0 fully saturated rings. The lowest BCUT2D eigenvalue weighted by Crippen LogP contribution is -2.15. The maximum atomic E-state index is 11.5. The molecule has 1 heterocycles. The van der Waals surface area contributed by atoms with E-state index in [2.05, 4.69) is 20.9 Å². The Morgan fingerprint density at radius 3 is 2.74 bits per heavy atom. The molecule has 0 aliphatic heterocycles. The lowest BCUT2D eigenvalue weighted by molar-refractivity contribution is -0.138. The lowest BCUT2D eigenvalue weighted by atomic mass is 9.92. The zero-order chi connectivity index (χ0) is 13.8. The van der Waals surface area contributed by atoms with Crippen molar-refractivity contribution in [2.24, 2.45) is 0 Å². The van der Waals surface area contributed by atoms with Crippen molar-refractivity contribution < 1.29 is 9.90 Å². The Morgan fingerprint density at radius 2 is 2.11 bits per heavy atom.